The van der Waals surface area contributed by atoms with Crippen molar-refractivity contribution in [2.75, 3.05) is 40.2 Å². The van der Waals surface area contributed by atoms with Gasteiger partial charge in [0.2, 0.25) is 10.0 Å². The highest BCUT2D eigenvalue weighted by Crippen LogP contribution is 2.22. The van der Waals surface area contributed by atoms with Crippen LogP contribution in [0.1, 0.15) is 17.3 Å². The van der Waals surface area contributed by atoms with E-state index in [4.69, 9.17) is 14.2 Å². The molecule has 1 atom stereocenters. The molecule has 24 heavy (non-hydrogen) atoms. The van der Waals surface area contributed by atoms with Crippen LogP contribution < -0.4 is 19.5 Å². The maximum absolute atomic E-state index is 12.1. The van der Waals surface area contributed by atoms with E-state index in [9.17, 15) is 13.2 Å². The predicted octanol–water partition coefficient (Wildman–Crippen LogP) is 0.388. The highest BCUT2D eigenvalue weighted by molar-refractivity contribution is 7.89. The molecule has 0 unspecified atom stereocenters. The van der Waals surface area contributed by atoms with Crippen molar-refractivity contribution in [2.24, 2.45) is 0 Å². The molecule has 0 aliphatic heterocycles. The molecular weight excluding hydrogens is 336 g/mol. The number of hydrogen-bond acceptors (Lipinski definition) is 6. The van der Waals surface area contributed by atoms with Crippen molar-refractivity contribution in [1.82, 2.24) is 10.0 Å². The average molecular weight is 360 g/mol. The van der Waals surface area contributed by atoms with Crippen LogP contribution in [-0.2, 0) is 14.8 Å². The second-order valence-electron chi connectivity index (χ2n) is 5.15. The van der Waals surface area contributed by atoms with Crippen LogP contribution in [0.5, 0.6) is 11.5 Å². The maximum Gasteiger partial charge on any atom is 0.251 e. The molecule has 0 spiro atoms. The van der Waals surface area contributed by atoms with Gasteiger partial charge in [-0.25, -0.2) is 13.1 Å². The molecule has 8 nitrogen and oxygen atoms in total. The molecule has 0 aliphatic carbocycles. The van der Waals surface area contributed by atoms with Crippen molar-refractivity contribution >= 4 is 15.9 Å². The van der Waals surface area contributed by atoms with Crippen molar-refractivity contribution in [3.8, 4) is 11.5 Å². The Labute approximate surface area is 142 Å². The summed E-state index contributed by atoms with van der Waals surface area (Å²) in [6, 6.07) is 4.40. The number of amides is 1. The molecule has 2 N–H and O–H groups in total. The molecule has 0 saturated heterocycles. The van der Waals surface area contributed by atoms with Gasteiger partial charge in [0, 0.05) is 31.3 Å². The van der Waals surface area contributed by atoms with Crippen LogP contribution in [0.4, 0.5) is 0 Å². The summed E-state index contributed by atoms with van der Waals surface area (Å²) in [4.78, 5) is 12.1. The molecule has 0 heterocycles. The van der Waals surface area contributed by atoms with Crippen molar-refractivity contribution in [3.05, 3.63) is 23.8 Å². The monoisotopic (exact) mass is 360 g/mol. The molecule has 9 heteroatoms. The lowest BCUT2D eigenvalue weighted by molar-refractivity contribution is 0.0955. The van der Waals surface area contributed by atoms with Crippen LogP contribution in [-0.4, -0.2) is 60.6 Å². The Morgan fingerprint density at radius 3 is 2.21 bits per heavy atom. The summed E-state index contributed by atoms with van der Waals surface area (Å²) in [7, 11) is 0.957. The number of ether oxygens (including phenoxy) is 3. The number of rotatable bonds is 10. The van der Waals surface area contributed by atoms with Gasteiger partial charge in [-0.1, -0.05) is 0 Å². The van der Waals surface area contributed by atoms with Crippen LogP contribution >= 0.6 is 0 Å². The van der Waals surface area contributed by atoms with Gasteiger partial charge in [-0.15, -0.1) is 0 Å². The van der Waals surface area contributed by atoms with Gasteiger partial charge in [-0.2, -0.15) is 0 Å². The van der Waals surface area contributed by atoms with E-state index in [1.165, 1.54) is 21.3 Å². The van der Waals surface area contributed by atoms with Crippen molar-refractivity contribution in [2.45, 2.75) is 13.0 Å². The first-order valence-corrected chi connectivity index (χ1v) is 8.96. The standard InChI is InChI=1S/C15H24N2O6S/c1-11(10-21-2)17-24(19,20)6-5-16-15(18)12-7-13(22-3)9-14(8-12)23-4/h7-9,11,17H,5-6,10H2,1-4H3,(H,16,18)/t11-/m1/s1. The minimum atomic E-state index is -3.50. The fourth-order valence-corrected chi connectivity index (χ4v) is 3.16. The van der Waals surface area contributed by atoms with E-state index in [1.54, 1.807) is 25.1 Å². The summed E-state index contributed by atoms with van der Waals surface area (Å²) in [5.74, 6) is 0.310. The summed E-state index contributed by atoms with van der Waals surface area (Å²) in [6.45, 7) is 1.95. The van der Waals surface area contributed by atoms with E-state index in [0.29, 0.717) is 17.1 Å². The fourth-order valence-electron chi connectivity index (χ4n) is 1.99. The Hall–Kier alpha value is -1.84. The lowest BCUT2D eigenvalue weighted by Gasteiger charge is -2.13. The molecule has 0 saturated carbocycles. The average Bonchev–Trinajstić information content (AvgIpc) is 2.53. The van der Waals surface area contributed by atoms with Crippen molar-refractivity contribution in [1.29, 1.82) is 0 Å². The highest BCUT2D eigenvalue weighted by Gasteiger charge is 2.15. The van der Waals surface area contributed by atoms with Gasteiger partial charge in [0.15, 0.2) is 0 Å². The molecule has 0 aliphatic rings. The second-order valence-corrected chi connectivity index (χ2v) is 7.02. The molecule has 1 aromatic rings. The number of sulfonamides is 1. The predicted molar refractivity (Wildman–Crippen MR) is 90.1 cm³/mol. The third-order valence-electron chi connectivity index (χ3n) is 3.07. The van der Waals surface area contributed by atoms with E-state index < -0.39 is 15.9 Å². The van der Waals surface area contributed by atoms with E-state index in [1.807, 2.05) is 0 Å². The van der Waals surface area contributed by atoms with Gasteiger partial charge in [-0.05, 0) is 19.1 Å². The first-order chi connectivity index (χ1) is 11.3. The van der Waals surface area contributed by atoms with Crippen molar-refractivity contribution in [3.63, 3.8) is 0 Å². The lowest BCUT2D eigenvalue weighted by atomic mass is 10.2. The molecule has 0 bridgehead atoms. The molecule has 1 amide bonds. The van der Waals surface area contributed by atoms with E-state index >= 15 is 0 Å². The van der Waals surface area contributed by atoms with Crippen LogP contribution in [0.2, 0.25) is 0 Å². The first-order valence-electron chi connectivity index (χ1n) is 7.31. The molecule has 136 valence electrons. The van der Waals surface area contributed by atoms with Crippen molar-refractivity contribution < 1.29 is 27.4 Å². The highest BCUT2D eigenvalue weighted by atomic mass is 32.2. The fraction of sp³-hybridized carbons (Fsp3) is 0.533. The second kappa shape index (κ2) is 9.45. The Bertz CT molecular complexity index is 625. The SMILES string of the molecule is COC[C@@H](C)NS(=O)(=O)CCNC(=O)c1cc(OC)cc(OC)c1. The smallest absolute Gasteiger partial charge is 0.251 e. The summed E-state index contributed by atoms with van der Waals surface area (Å²) in [5.41, 5.74) is 0.323. The van der Waals surface area contributed by atoms with Gasteiger partial charge < -0.3 is 19.5 Å². The number of carbonyl (C=O) groups is 1. The van der Waals surface area contributed by atoms with Crippen LogP contribution in [0.25, 0.3) is 0 Å². The lowest BCUT2D eigenvalue weighted by Crippen LogP contribution is -2.40. The minimum absolute atomic E-state index is 0.0204. The maximum atomic E-state index is 12.1. The van der Waals surface area contributed by atoms with Gasteiger partial charge in [0.25, 0.3) is 5.91 Å². The largest absolute Gasteiger partial charge is 0.497 e. The normalized spacial score (nSPS) is 12.5. The van der Waals surface area contributed by atoms with E-state index in [2.05, 4.69) is 10.0 Å². The topological polar surface area (TPSA) is 103 Å². The zero-order valence-corrected chi connectivity index (χ0v) is 15.1. The number of benzene rings is 1. The Morgan fingerprint density at radius 1 is 1.12 bits per heavy atom. The third-order valence-corrected chi connectivity index (χ3v) is 4.57. The van der Waals surface area contributed by atoms with E-state index in [0.717, 1.165) is 0 Å². The summed E-state index contributed by atoms with van der Waals surface area (Å²) in [5, 5.41) is 2.56. The summed E-state index contributed by atoms with van der Waals surface area (Å²) in [6.07, 6.45) is 0. The zero-order valence-electron chi connectivity index (χ0n) is 14.3. The first kappa shape index (κ1) is 20.2. The summed E-state index contributed by atoms with van der Waals surface area (Å²) < 4.78 is 41.3. The van der Waals surface area contributed by atoms with Gasteiger partial charge in [0.1, 0.15) is 11.5 Å². The summed E-state index contributed by atoms with van der Waals surface area (Å²) >= 11 is 0. The van der Waals surface area contributed by atoms with Gasteiger partial charge in [-0.3, -0.25) is 4.79 Å². The van der Waals surface area contributed by atoms with Crippen LogP contribution in [0.3, 0.4) is 0 Å². The van der Waals surface area contributed by atoms with Gasteiger partial charge in [0.05, 0.1) is 26.6 Å². The molecular formula is C15H24N2O6S. The number of hydrogen-bond donors (Lipinski definition) is 2. The minimum Gasteiger partial charge on any atom is -0.497 e. The molecule has 1 rings (SSSR count). The van der Waals surface area contributed by atoms with Gasteiger partial charge >= 0.3 is 0 Å². The molecule has 0 aromatic heterocycles. The number of carbonyl (C=O) groups excluding carboxylic acids is 1. The third kappa shape index (κ3) is 6.73. The Morgan fingerprint density at radius 2 is 1.71 bits per heavy atom. The molecule has 1 aromatic carbocycles. The number of nitrogens with one attached hydrogen (secondary N) is 2. The zero-order chi connectivity index (χ0) is 18.2. The molecule has 0 radical (unpaired) electrons. The number of methoxy groups -OCH3 is 3. The van der Waals surface area contributed by atoms with E-state index in [-0.39, 0.29) is 24.9 Å². The Kier molecular flexibility index (Phi) is 7.96. The van der Waals surface area contributed by atoms with Crippen LogP contribution in [0, 0.1) is 0 Å². The quantitative estimate of drug-likeness (QED) is 0.626. The molecule has 0 fully saturated rings. The van der Waals surface area contributed by atoms with Crippen LogP contribution in [0.15, 0.2) is 18.2 Å². The Balaban J connectivity index is 2.60.